The number of methoxy groups -OCH3 is 1. The van der Waals surface area contributed by atoms with Crippen molar-refractivity contribution in [3.8, 4) is 0 Å². The number of halogens is 1. The highest BCUT2D eigenvalue weighted by atomic mass is 127. The topological polar surface area (TPSA) is 43.4 Å². The van der Waals surface area contributed by atoms with Crippen molar-refractivity contribution in [3.05, 3.63) is 0 Å². The van der Waals surface area contributed by atoms with E-state index in [0.29, 0.717) is 23.7 Å². The molecule has 0 aliphatic rings. The largest absolute Gasteiger partial charge is 0.469 e. The van der Waals surface area contributed by atoms with Crippen molar-refractivity contribution in [3.63, 3.8) is 0 Å². The Morgan fingerprint density at radius 3 is 2.45 bits per heavy atom. The van der Waals surface area contributed by atoms with Crippen molar-refractivity contribution < 1.29 is 14.3 Å². The second-order valence-electron chi connectivity index (χ2n) is 2.10. The van der Waals surface area contributed by atoms with Crippen LogP contribution in [-0.4, -0.2) is 23.3 Å². The zero-order valence-corrected chi connectivity index (χ0v) is 8.59. The Morgan fingerprint density at radius 2 is 2.00 bits per heavy atom. The first-order valence-corrected chi connectivity index (χ1v) is 4.87. The molecule has 0 unspecified atom stereocenters. The molecule has 11 heavy (non-hydrogen) atoms. The first-order chi connectivity index (χ1) is 5.20. The van der Waals surface area contributed by atoms with E-state index in [2.05, 4.69) is 4.74 Å². The van der Waals surface area contributed by atoms with Crippen molar-refractivity contribution in [1.82, 2.24) is 0 Å². The number of Topliss-reactive ketones (excluding diaryl/α,β-unsaturated/α-hetero) is 1. The van der Waals surface area contributed by atoms with E-state index < -0.39 is 0 Å². The van der Waals surface area contributed by atoms with Crippen LogP contribution in [0.1, 0.15) is 19.3 Å². The minimum absolute atomic E-state index is 0.189. The number of alkyl halides is 1. The number of rotatable bonds is 5. The lowest BCUT2D eigenvalue weighted by Gasteiger charge is -1.96. The Morgan fingerprint density at radius 1 is 1.36 bits per heavy atom. The monoisotopic (exact) mass is 270 g/mol. The molecule has 0 aliphatic heterocycles. The van der Waals surface area contributed by atoms with E-state index in [1.165, 1.54) is 7.11 Å². The zero-order valence-electron chi connectivity index (χ0n) is 6.43. The smallest absolute Gasteiger partial charge is 0.305 e. The molecule has 0 spiro atoms. The van der Waals surface area contributed by atoms with E-state index >= 15 is 0 Å². The zero-order chi connectivity index (χ0) is 8.69. The SMILES string of the molecule is COC(=O)CCCC(=O)CI. The number of carbonyl (C=O) groups is 2. The van der Waals surface area contributed by atoms with E-state index in [1.54, 1.807) is 0 Å². The van der Waals surface area contributed by atoms with Gasteiger partial charge in [0.15, 0.2) is 0 Å². The summed E-state index contributed by atoms with van der Waals surface area (Å²) in [5.41, 5.74) is 0. The predicted molar refractivity (Wildman–Crippen MR) is 49.8 cm³/mol. The molecule has 0 heterocycles. The Kier molecular flexibility index (Phi) is 6.49. The summed E-state index contributed by atoms with van der Waals surface area (Å²) in [6.07, 6.45) is 1.44. The van der Waals surface area contributed by atoms with E-state index in [4.69, 9.17) is 0 Å². The van der Waals surface area contributed by atoms with Gasteiger partial charge < -0.3 is 4.74 Å². The molecule has 0 rings (SSSR count). The number of ketones is 1. The van der Waals surface area contributed by atoms with Gasteiger partial charge in [-0.05, 0) is 6.42 Å². The van der Waals surface area contributed by atoms with Crippen LogP contribution in [0, 0.1) is 0 Å². The molecule has 3 nitrogen and oxygen atoms in total. The lowest BCUT2D eigenvalue weighted by Crippen LogP contribution is -2.03. The first kappa shape index (κ1) is 10.9. The van der Waals surface area contributed by atoms with Crippen LogP contribution < -0.4 is 0 Å². The van der Waals surface area contributed by atoms with Gasteiger partial charge in [0.1, 0.15) is 5.78 Å². The number of ether oxygens (including phenoxy) is 1. The summed E-state index contributed by atoms with van der Waals surface area (Å²) in [6, 6.07) is 0. The highest BCUT2D eigenvalue weighted by Crippen LogP contribution is 1.99. The normalized spacial score (nSPS) is 9.27. The Balaban J connectivity index is 3.27. The standard InChI is InChI=1S/C7H11IO3/c1-11-7(10)4-2-3-6(9)5-8/h2-5H2,1H3. The Hall–Kier alpha value is -0.130. The molecule has 0 saturated carbocycles. The van der Waals surface area contributed by atoms with Gasteiger partial charge in [-0.3, -0.25) is 9.59 Å². The van der Waals surface area contributed by atoms with Crippen LogP contribution in [0.15, 0.2) is 0 Å². The lowest BCUT2D eigenvalue weighted by atomic mass is 10.2. The van der Waals surface area contributed by atoms with Crippen LogP contribution in [0.4, 0.5) is 0 Å². The molecule has 0 aromatic carbocycles. The second kappa shape index (κ2) is 6.57. The quantitative estimate of drug-likeness (QED) is 0.430. The number of carbonyl (C=O) groups excluding carboxylic acids is 2. The molecule has 0 aromatic heterocycles. The third-order valence-corrected chi connectivity index (χ3v) is 2.06. The molecule has 0 bridgehead atoms. The maximum Gasteiger partial charge on any atom is 0.305 e. The maximum absolute atomic E-state index is 10.7. The minimum Gasteiger partial charge on any atom is -0.469 e. The van der Waals surface area contributed by atoms with Gasteiger partial charge in [0.05, 0.1) is 11.5 Å². The summed E-state index contributed by atoms with van der Waals surface area (Å²) >= 11 is 2.01. The summed E-state index contributed by atoms with van der Waals surface area (Å²) in [4.78, 5) is 21.3. The van der Waals surface area contributed by atoms with E-state index in [0.717, 1.165) is 0 Å². The van der Waals surface area contributed by atoms with E-state index in [1.807, 2.05) is 22.6 Å². The first-order valence-electron chi connectivity index (χ1n) is 3.35. The third kappa shape index (κ3) is 6.28. The summed E-state index contributed by atoms with van der Waals surface area (Å²) in [5, 5.41) is 0. The summed E-state index contributed by atoms with van der Waals surface area (Å²) in [7, 11) is 1.35. The molecular weight excluding hydrogens is 259 g/mol. The van der Waals surface area contributed by atoms with Crippen LogP contribution in [-0.2, 0) is 14.3 Å². The fraction of sp³-hybridized carbons (Fsp3) is 0.714. The molecule has 0 fully saturated rings. The van der Waals surface area contributed by atoms with Crippen LogP contribution in [0.25, 0.3) is 0 Å². The fourth-order valence-electron chi connectivity index (χ4n) is 0.599. The van der Waals surface area contributed by atoms with E-state index in [-0.39, 0.29) is 11.8 Å². The minimum atomic E-state index is -0.244. The fourth-order valence-corrected chi connectivity index (χ4v) is 0.980. The van der Waals surface area contributed by atoms with Crippen molar-refractivity contribution in [1.29, 1.82) is 0 Å². The Bertz CT molecular complexity index is 129. The molecule has 0 saturated heterocycles. The van der Waals surface area contributed by atoms with Gasteiger partial charge in [-0.1, -0.05) is 22.6 Å². The molecule has 0 atom stereocenters. The predicted octanol–water partition coefficient (Wildman–Crippen LogP) is 1.33. The van der Waals surface area contributed by atoms with Gasteiger partial charge >= 0.3 is 5.97 Å². The average molecular weight is 270 g/mol. The highest BCUT2D eigenvalue weighted by molar-refractivity contribution is 14.1. The number of esters is 1. The third-order valence-electron chi connectivity index (χ3n) is 1.21. The van der Waals surface area contributed by atoms with Crippen molar-refractivity contribution >= 4 is 34.3 Å². The van der Waals surface area contributed by atoms with Gasteiger partial charge in [-0.2, -0.15) is 0 Å². The van der Waals surface area contributed by atoms with Gasteiger partial charge in [-0.15, -0.1) is 0 Å². The van der Waals surface area contributed by atoms with Crippen LogP contribution in [0.5, 0.6) is 0 Å². The van der Waals surface area contributed by atoms with Crippen molar-refractivity contribution in [2.75, 3.05) is 11.5 Å². The molecule has 64 valence electrons. The number of hydrogen-bond donors (Lipinski definition) is 0. The average Bonchev–Trinajstić information content (AvgIpc) is 2.04. The molecule has 4 heteroatoms. The van der Waals surface area contributed by atoms with Gasteiger partial charge in [-0.25, -0.2) is 0 Å². The maximum atomic E-state index is 10.7. The highest BCUT2D eigenvalue weighted by Gasteiger charge is 2.02. The molecule has 0 aromatic rings. The molecular formula is C7H11IO3. The van der Waals surface area contributed by atoms with Crippen LogP contribution in [0.2, 0.25) is 0 Å². The number of hydrogen-bond acceptors (Lipinski definition) is 3. The molecule has 0 amide bonds. The van der Waals surface area contributed by atoms with Gasteiger partial charge in [0, 0.05) is 12.8 Å². The van der Waals surface area contributed by atoms with Crippen LogP contribution >= 0.6 is 22.6 Å². The molecule has 0 N–H and O–H groups in total. The van der Waals surface area contributed by atoms with Crippen LogP contribution in [0.3, 0.4) is 0 Å². The lowest BCUT2D eigenvalue weighted by molar-refractivity contribution is -0.140. The molecule has 0 aliphatic carbocycles. The van der Waals surface area contributed by atoms with Crippen molar-refractivity contribution in [2.45, 2.75) is 19.3 Å². The Labute approximate surface area is 79.6 Å². The molecule has 0 radical (unpaired) electrons. The van der Waals surface area contributed by atoms with Gasteiger partial charge in [0.2, 0.25) is 0 Å². The second-order valence-corrected chi connectivity index (χ2v) is 2.86. The summed E-state index contributed by atoms with van der Waals surface area (Å²) in [5.74, 6) is -0.0549. The summed E-state index contributed by atoms with van der Waals surface area (Å²) < 4.78 is 4.94. The van der Waals surface area contributed by atoms with Crippen molar-refractivity contribution in [2.24, 2.45) is 0 Å². The summed E-state index contributed by atoms with van der Waals surface area (Å²) in [6.45, 7) is 0. The van der Waals surface area contributed by atoms with E-state index in [9.17, 15) is 9.59 Å². The van der Waals surface area contributed by atoms with Gasteiger partial charge in [0.25, 0.3) is 0 Å².